The Morgan fingerprint density at radius 2 is 0.964 bits per heavy atom. The van der Waals surface area contributed by atoms with Crippen LogP contribution in [0.4, 0.5) is 0 Å². The van der Waals surface area contributed by atoms with Crippen LogP contribution in [0, 0.1) is 5.92 Å². The molecule has 1 unspecified atom stereocenters. The fourth-order valence-corrected chi connectivity index (χ4v) is 4.05. The lowest BCUT2D eigenvalue weighted by Crippen LogP contribution is -1.99. The van der Waals surface area contributed by atoms with E-state index in [4.69, 9.17) is 0 Å². The van der Waals surface area contributed by atoms with Gasteiger partial charge in [0.25, 0.3) is 0 Å². The van der Waals surface area contributed by atoms with Gasteiger partial charge in [0.1, 0.15) is 0 Å². The summed E-state index contributed by atoms with van der Waals surface area (Å²) in [6.45, 7) is 4.75. The van der Waals surface area contributed by atoms with Crippen LogP contribution in [0.5, 0.6) is 0 Å². The number of hydrogen-bond donors (Lipinski definition) is 0. The Hall–Kier alpha value is -0.530. The van der Waals surface area contributed by atoms with E-state index in [1.54, 1.807) is 0 Å². The summed E-state index contributed by atoms with van der Waals surface area (Å²) >= 11 is 0. The molecule has 0 bridgehead atoms. The highest BCUT2D eigenvalue weighted by Gasteiger charge is 2.02. The highest BCUT2D eigenvalue weighted by atomic mass is 16.5. The van der Waals surface area contributed by atoms with E-state index >= 15 is 0 Å². The monoisotopic (exact) mass is 396 g/mol. The lowest BCUT2D eigenvalue weighted by Gasteiger charge is -2.11. The van der Waals surface area contributed by atoms with Gasteiger partial charge in [0, 0.05) is 6.42 Å². The van der Waals surface area contributed by atoms with E-state index in [1.807, 2.05) is 0 Å². The van der Waals surface area contributed by atoms with E-state index in [9.17, 15) is 4.79 Å². The maximum absolute atomic E-state index is 11.0. The molecular weight excluding hydrogens is 344 g/mol. The predicted octanol–water partition coefficient (Wildman–Crippen LogP) is 9.01. The highest BCUT2D eigenvalue weighted by molar-refractivity contribution is 5.68. The molecule has 0 amide bonds. The average molecular weight is 397 g/mol. The molecule has 0 aromatic heterocycles. The molecule has 0 spiro atoms. The first-order valence-corrected chi connectivity index (χ1v) is 12.8. The fraction of sp³-hybridized carbons (Fsp3) is 0.962. The number of hydrogen-bond acceptors (Lipinski definition) is 2. The quantitative estimate of drug-likeness (QED) is 0.135. The summed E-state index contributed by atoms with van der Waals surface area (Å²) in [6, 6.07) is 0. The Morgan fingerprint density at radius 3 is 1.36 bits per heavy atom. The second-order valence-corrected chi connectivity index (χ2v) is 9.02. The Labute approximate surface area is 177 Å². The molecule has 0 aromatic carbocycles. The van der Waals surface area contributed by atoms with Crippen molar-refractivity contribution in [2.24, 2.45) is 5.92 Å². The van der Waals surface area contributed by atoms with E-state index in [1.165, 1.54) is 129 Å². The summed E-state index contributed by atoms with van der Waals surface area (Å²) in [7, 11) is 1.47. The van der Waals surface area contributed by atoms with Crippen LogP contribution >= 0.6 is 0 Å². The Kier molecular flexibility index (Phi) is 22.3. The summed E-state index contributed by atoms with van der Waals surface area (Å²) in [5.74, 6) is 0.884. The van der Waals surface area contributed by atoms with Crippen molar-refractivity contribution in [2.75, 3.05) is 7.11 Å². The number of unbranched alkanes of at least 4 members (excludes halogenated alkanes) is 16. The van der Waals surface area contributed by atoms with E-state index in [0.29, 0.717) is 6.42 Å². The van der Waals surface area contributed by atoms with Crippen LogP contribution in [0.25, 0.3) is 0 Å². The van der Waals surface area contributed by atoms with Crippen molar-refractivity contribution in [2.45, 2.75) is 149 Å². The van der Waals surface area contributed by atoms with Gasteiger partial charge in [0.05, 0.1) is 7.11 Å². The van der Waals surface area contributed by atoms with Crippen LogP contribution in [0.15, 0.2) is 0 Å². The van der Waals surface area contributed by atoms with Crippen molar-refractivity contribution in [3.8, 4) is 0 Å². The Morgan fingerprint density at radius 1 is 0.607 bits per heavy atom. The van der Waals surface area contributed by atoms with Gasteiger partial charge < -0.3 is 4.74 Å². The summed E-state index contributed by atoms with van der Waals surface area (Å²) in [5.41, 5.74) is 0. The van der Waals surface area contributed by atoms with E-state index in [2.05, 4.69) is 18.6 Å². The van der Waals surface area contributed by atoms with Crippen LogP contribution < -0.4 is 0 Å². The minimum atomic E-state index is -0.0627. The van der Waals surface area contributed by atoms with Gasteiger partial charge in [-0.05, 0) is 12.3 Å². The number of esters is 1. The molecule has 0 aliphatic rings. The molecule has 168 valence electrons. The molecule has 28 heavy (non-hydrogen) atoms. The van der Waals surface area contributed by atoms with Gasteiger partial charge in [-0.2, -0.15) is 0 Å². The second-order valence-electron chi connectivity index (χ2n) is 9.02. The highest BCUT2D eigenvalue weighted by Crippen LogP contribution is 2.18. The van der Waals surface area contributed by atoms with Gasteiger partial charge in [-0.15, -0.1) is 0 Å². The van der Waals surface area contributed by atoms with Crippen molar-refractivity contribution < 1.29 is 9.53 Å². The van der Waals surface area contributed by atoms with Crippen LogP contribution in [-0.2, 0) is 9.53 Å². The zero-order chi connectivity index (χ0) is 20.7. The summed E-state index contributed by atoms with van der Waals surface area (Å²) in [4.78, 5) is 11.0. The summed E-state index contributed by atoms with van der Waals surface area (Å²) in [6.07, 6.45) is 28.2. The first-order valence-electron chi connectivity index (χ1n) is 12.8. The largest absolute Gasteiger partial charge is 0.469 e. The number of rotatable bonds is 22. The molecule has 0 saturated carbocycles. The molecule has 0 fully saturated rings. The Bertz CT molecular complexity index is 314. The molecule has 0 saturated heterocycles. The smallest absolute Gasteiger partial charge is 0.305 e. The number of carbonyl (C=O) groups is 1. The normalized spacial score (nSPS) is 12.2. The fourth-order valence-electron chi connectivity index (χ4n) is 4.05. The number of methoxy groups -OCH3 is 1. The van der Waals surface area contributed by atoms with Crippen LogP contribution in [0.1, 0.15) is 149 Å². The van der Waals surface area contributed by atoms with Crippen molar-refractivity contribution in [3.63, 3.8) is 0 Å². The Balaban J connectivity index is 3.12. The molecule has 0 heterocycles. The SMILES string of the molecule is CCCCCCCC(C)CCCCCCCCCCCCCCCC(=O)OC. The van der Waals surface area contributed by atoms with Gasteiger partial charge in [0.15, 0.2) is 0 Å². The molecule has 2 nitrogen and oxygen atoms in total. The van der Waals surface area contributed by atoms with Gasteiger partial charge in [-0.3, -0.25) is 4.79 Å². The van der Waals surface area contributed by atoms with Crippen molar-refractivity contribution in [3.05, 3.63) is 0 Å². The lowest BCUT2D eigenvalue weighted by molar-refractivity contribution is -0.140. The van der Waals surface area contributed by atoms with Gasteiger partial charge in [0.2, 0.25) is 0 Å². The zero-order valence-electron chi connectivity index (χ0n) is 19.7. The maximum atomic E-state index is 11.0. The lowest BCUT2D eigenvalue weighted by atomic mass is 9.96. The van der Waals surface area contributed by atoms with E-state index in [0.717, 1.165) is 12.3 Å². The molecule has 0 aliphatic heterocycles. The van der Waals surface area contributed by atoms with E-state index < -0.39 is 0 Å². The first-order chi connectivity index (χ1) is 13.7. The minimum Gasteiger partial charge on any atom is -0.469 e. The van der Waals surface area contributed by atoms with Crippen LogP contribution in [0.3, 0.4) is 0 Å². The molecule has 0 aromatic rings. The maximum Gasteiger partial charge on any atom is 0.305 e. The van der Waals surface area contributed by atoms with Gasteiger partial charge in [-0.25, -0.2) is 0 Å². The summed E-state index contributed by atoms with van der Waals surface area (Å²) < 4.78 is 4.66. The third-order valence-electron chi connectivity index (χ3n) is 6.11. The topological polar surface area (TPSA) is 26.3 Å². The van der Waals surface area contributed by atoms with Gasteiger partial charge in [-0.1, -0.05) is 136 Å². The van der Waals surface area contributed by atoms with E-state index in [-0.39, 0.29) is 5.97 Å². The second kappa shape index (κ2) is 22.8. The molecule has 0 radical (unpaired) electrons. The molecule has 0 aliphatic carbocycles. The molecule has 2 heteroatoms. The minimum absolute atomic E-state index is 0.0627. The first kappa shape index (κ1) is 27.5. The van der Waals surface area contributed by atoms with Crippen molar-refractivity contribution >= 4 is 5.97 Å². The predicted molar refractivity (Wildman–Crippen MR) is 124 cm³/mol. The number of ether oxygens (including phenoxy) is 1. The van der Waals surface area contributed by atoms with Crippen molar-refractivity contribution in [1.29, 1.82) is 0 Å². The van der Waals surface area contributed by atoms with Crippen molar-refractivity contribution in [1.82, 2.24) is 0 Å². The molecule has 0 N–H and O–H groups in total. The average Bonchev–Trinajstić information content (AvgIpc) is 2.70. The van der Waals surface area contributed by atoms with Crippen LogP contribution in [0.2, 0.25) is 0 Å². The third-order valence-corrected chi connectivity index (χ3v) is 6.11. The standard InChI is InChI=1S/C26H52O2/c1-4-5-6-16-19-22-25(2)23-20-17-14-12-10-8-7-9-11-13-15-18-21-24-26(27)28-3/h25H,4-24H2,1-3H3. The third kappa shape index (κ3) is 21.8. The zero-order valence-corrected chi connectivity index (χ0v) is 19.7. The van der Waals surface area contributed by atoms with Gasteiger partial charge >= 0.3 is 5.97 Å². The summed E-state index contributed by atoms with van der Waals surface area (Å²) in [5, 5.41) is 0. The molecule has 1 atom stereocenters. The van der Waals surface area contributed by atoms with Crippen LogP contribution in [-0.4, -0.2) is 13.1 Å². The number of carbonyl (C=O) groups excluding carboxylic acids is 1. The molecule has 0 rings (SSSR count). The molecular formula is C26H52O2.